The molecule has 4 aromatic heterocycles. The highest BCUT2D eigenvalue weighted by Crippen LogP contribution is 2.41. The van der Waals surface area contributed by atoms with Crippen LogP contribution in [0.4, 0.5) is 0 Å². The van der Waals surface area contributed by atoms with Crippen molar-refractivity contribution in [2.24, 2.45) is 0 Å². The number of hydrogen-bond donors (Lipinski definition) is 0. The Kier molecular flexibility index (Phi) is 4.51. The van der Waals surface area contributed by atoms with Crippen molar-refractivity contribution in [2.75, 3.05) is 0 Å². The van der Waals surface area contributed by atoms with E-state index in [2.05, 4.69) is 127 Å². The molecule has 6 heteroatoms. The first-order valence-corrected chi connectivity index (χ1v) is 13.5. The van der Waals surface area contributed by atoms with Crippen molar-refractivity contribution < 1.29 is 4.42 Å². The minimum atomic E-state index is 0.600. The van der Waals surface area contributed by atoms with Crippen molar-refractivity contribution in [2.45, 2.75) is 0 Å². The van der Waals surface area contributed by atoms with Gasteiger partial charge in [0.15, 0.2) is 0 Å². The maximum atomic E-state index is 6.32. The fourth-order valence-corrected chi connectivity index (χ4v) is 6.28. The molecule has 0 unspecified atom stereocenters. The molecule has 4 heterocycles. The molecule has 0 atom stereocenters. The summed E-state index contributed by atoms with van der Waals surface area (Å²) < 4.78 is 10.8. The van der Waals surface area contributed by atoms with Crippen LogP contribution in [0, 0.1) is 0 Å². The Balaban J connectivity index is 1.30. The van der Waals surface area contributed by atoms with Crippen LogP contribution in [-0.4, -0.2) is 24.1 Å². The average molecular weight is 528 g/mol. The summed E-state index contributed by atoms with van der Waals surface area (Å²) in [6.07, 6.45) is 3.09. The minimum Gasteiger partial charge on any atom is -0.455 e. The standard InChI is InChI=1S/C35H21N5O/c1-4-13-29-27(9-1)33-32(28-10-2-5-14-30(28)40(33)35-37-20-36-21-38-35)39(29)23-18-16-22(17-19-23)24-11-7-12-26-25-8-3-6-15-31(25)41-34(24)26/h1-21H. The number of para-hydroxylation sites is 4. The summed E-state index contributed by atoms with van der Waals surface area (Å²) in [5, 5.41) is 4.54. The van der Waals surface area contributed by atoms with Crippen LogP contribution >= 0.6 is 0 Å². The van der Waals surface area contributed by atoms with Crippen LogP contribution in [0.25, 0.3) is 77.5 Å². The summed E-state index contributed by atoms with van der Waals surface area (Å²) in [4.78, 5) is 13.1. The van der Waals surface area contributed by atoms with Crippen LogP contribution in [0.3, 0.4) is 0 Å². The first kappa shape index (κ1) is 22.1. The molecule has 9 rings (SSSR count). The van der Waals surface area contributed by atoms with Crippen molar-refractivity contribution in [1.82, 2.24) is 24.1 Å². The van der Waals surface area contributed by atoms with Crippen LogP contribution < -0.4 is 0 Å². The minimum absolute atomic E-state index is 0.600. The molecule has 0 aliphatic rings. The van der Waals surface area contributed by atoms with E-state index in [-0.39, 0.29) is 0 Å². The van der Waals surface area contributed by atoms with Crippen molar-refractivity contribution in [3.63, 3.8) is 0 Å². The zero-order chi connectivity index (χ0) is 26.9. The first-order valence-electron chi connectivity index (χ1n) is 13.5. The molecule has 0 saturated heterocycles. The summed E-state index contributed by atoms with van der Waals surface area (Å²) in [5.41, 5.74) is 9.46. The van der Waals surface area contributed by atoms with Crippen LogP contribution in [0.1, 0.15) is 0 Å². The van der Waals surface area contributed by atoms with Gasteiger partial charge in [-0.25, -0.2) is 15.0 Å². The van der Waals surface area contributed by atoms with E-state index in [1.165, 1.54) is 0 Å². The zero-order valence-electron chi connectivity index (χ0n) is 21.8. The van der Waals surface area contributed by atoms with E-state index >= 15 is 0 Å². The Bertz CT molecular complexity index is 2410. The van der Waals surface area contributed by atoms with Gasteiger partial charge in [-0.2, -0.15) is 0 Å². The van der Waals surface area contributed by atoms with E-state index in [1.807, 2.05) is 12.1 Å². The molecule has 0 spiro atoms. The van der Waals surface area contributed by atoms with E-state index in [1.54, 1.807) is 12.7 Å². The number of furan rings is 1. The van der Waals surface area contributed by atoms with E-state index in [0.29, 0.717) is 5.95 Å². The lowest BCUT2D eigenvalue weighted by atomic mass is 10.0. The zero-order valence-corrected chi connectivity index (χ0v) is 21.8. The summed E-state index contributed by atoms with van der Waals surface area (Å²) in [6, 6.07) is 40.3. The fourth-order valence-electron chi connectivity index (χ4n) is 6.28. The molecule has 0 fully saturated rings. The highest BCUT2D eigenvalue weighted by atomic mass is 16.3. The lowest BCUT2D eigenvalue weighted by Gasteiger charge is -2.10. The molecule has 0 N–H and O–H groups in total. The summed E-state index contributed by atoms with van der Waals surface area (Å²) in [6.45, 7) is 0. The third-order valence-electron chi connectivity index (χ3n) is 7.99. The SMILES string of the molecule is c1ccc2c(c1)oc1c(-c3ccc(-n4c5ccccc5c5c4c4ccccc4n5-c4ncncn4)cc3)cccc12. The Morgan fingerprint density at radius 1 is 0.512 bits per heavy atom. The van der Waals surface area contributed by atoms with Gasteiger partial charge < -0.3 is 8.98 Å². The predicted octanol–water partition coefficient (Wildman–Crippen LogP) is 8.48. The summed E-state index contributed by atoms with van der Waals surface area (Å²) in [7, 11) is 0. The maximum absolute atomic E-state index is 6.32. The van der Waals surface area contributed by atoms with E-state index in [4.69, 9.17) is 4.42 Å². The van der Waals surface area contributed by atoms with Gasteiger partial charge in [-0.3, -0.25) is 4.57 Å². The highest BCUT2D eigenvalue weighted by Gasteiger charge is 2.22. The Morgan fingerprint density at radius 2 is 1.12 bits per heavy atom. The monoisotopic (exact) mass is 527 g/mol. The van der Waals surface area contributed by atoms with Gasteiger partial charge in [0, 0.05) is 32.8 Å². The van der Waals surface area contributed by atoms with Crippen molar-refractivity contribution in [1.29, 1.82) is 0 Å². The second kappa shape index (κ2) is 8.37. The highest BCUT2D eigenvalue weighted by molar-refractivity contribution is 6.19. The summed E-state index contributed by atoms with van der Waals surface area (Å²) >= 11 is 0. The number of fused-ring (bicyclic) bond motifs is 8. The molecule has 6 nitrogen and oxygen atoms in total. The smallest absolute Gasteiger partial charge is 0.237 e. The fraction of sp³-hybridized carbons (Fsp3) is 0. The molecular formula is C35H21N5O. The number of nitrogens with zero attached hydrogens (tertiary/aromatic N) is 5. The molecular weight excluding hydrogens is 506 g/mol. The van der Waals surface area contributed by atoms with Crippen molar-refractivity contribution in [3.8, 4) is 22.8 Å². The molecule has 0 aliphatic heterocycles. The molecule has 0 saturated carbocycles. The second-order valence-electron chi connectivity index (χ2n) is 10.2. The molecule has 41 heavy (non-hydrogen) atoms. The quantitative estimate of drug-likeness (QED) is 0.231. The molecule has 9 aromatic rings. The topological polar surface area (TPSA) is 61.7 Å². The molecule has 0 bridgehead atoms. The molecule has 0 aliphatic carbocycles. The van der Waals surface area contributed by atoms with E-state index in [0.717, 1.165) is 71.6 Å². The van der Waals surface area contributed by atoms with Crippen molar-refractivity contribution in [3.05, 3.63) is 128 Å². The largest absolute Gasteiger partial charge is 0.455 e. The Morgan fingerprint density at radius 3 is 1.88 bits per heavy atom. The number of aromatic nitrogens is 5. The van der Waals surface area contributed by atoms with E-state index < -0.39 is 0 Å². The third kappa shape index (κ3) is 3.10. The lowest BCUT2D eigenvalue weighted by Crippen LogP contribution is -2.00. The number of rotatable bonds is 3. The second-order valence-corrected chi connectivity index (χ2v) is 10.2. The number of benzene rings is 5. The molecule has 0 amide bonds. The van der Waals surface area contributed by atoms with Crippen LogP contribution in [-0.2, 0) is 0 Å². The van der Waals surface area contributed by atoms with Gasteiger partial charge in [-0.15, -0.1) is 0 Å². The maximum Gasteiger partial charge on any atom is 0.237 e. The Labute approximate surface area is 233 Å². The van der Waals surface area contributed by atoms with Gasteiger partial charge in [0.1, 0.15) is 23.8 Å². The summed E-state index contributed by atoms with van der Waals surface area (Å²) in [5.74, 6) is 0.600. The van der Waals surface area contributed by atoms with Gasteiger partial charge >= 0.3 is 0 Å². The normalized spacial score (nSPS) is 11.9. The molecule has 5 aromatic carbocycles. The van der Waals surface area contributed by atoms with Crippen LogP contribution in [0.5, 0.6) is 0 Å². The Hall–Kier alpha value is -5.75. The third-order valence-corrected chi connectivity index (χ3v) is 7.99. The van der Waals surface area contributed by atoms with Gasteiger partial charge in [-0.1, -0.05) is 84.9 Å². The first-order chi connectivity index (χ1) is 20.4. The molecule has 192 valence electrons. The van der Waals surface area contributed by atoms with Crippen LogP contribution in [0.15, 0.2) is 132 Å². The van der Waals surface area contributed by atoms with Gasteiger partial charge in [0.2, 0.25) is 5.95 Å². The van der Waals surface area contributed by atoms with E-state index in [9.17, 15) is 0 Å². The van der Waals surface area contributed by atoms with Gasteiger partial charge in [0.25, 0.3) is 0 Å². The van der Waals surface area contributed by atoms with Crippen LogP contribution in [0.2, 0.25) is 0 Å². The van der Waals surface area contributed by atoms with Gasteiger partial charge in [-0.05, 0) is 35.9 Å². The lowest BCUT2D eigenvalue weighted by molar-refractivity contribution is 0.670. The predicted molar refractivity (Wildman–Crippen MR) is 164 cm³/mol. The van der Waals surface area contributed by atoms with Crippen molar-refractivity contribution >= 4 is 54.8 Å². The number of hydrogen-bond acceptors (Lipinski definition) is 4. The molecule has 0 radical (unpaired) electrons. The average Bonchev–Trinajstić information content (AvgIpc) is 3.69. The van der Waals surface area contributed by atoms with Gasteiger partial charge in [0.05, 0.1) is 22.1 Å².